The molecule has 0 saturated heterocycles. The summed E-state index contributed by atoms with van der Waals surface area (Å²) in [5, 5.41) is 0. The largest absolute Gasteiger partial charge is 0.240 e. The molecule has 2 fully saturated rings. The first-order valence-electron chi connectivity index (χ1n) is 8.02. The second-order valence-electron chi connectivity index (χ2n) is 7.00. The SMILES string of the molecule is Cc1ccc(S(=O)(=O)N[C@@H]2[C@H](C)CCC23CCCC3)cc1. The summed E-state index contributed by atoms with van der Waals surface area (Å²) >= 11 is 0. The van der Waals surface area contributed by atoms with Crippen molar-refractivity contribution in [1.82, 2.24) is 4.72 Å². The normalized spacial score (nSPS) is 28.3. The monoisotopic (exact) mass is 307 g/mol. The van der Waals surface area contributed by atoms with Crippen LogP contribution in [-0.2, 0) is 10.0 Å². The van der Waals surface area contributed by atoms with E-state index in [2.05, 4.69) is 11.6 Å². The number of nitrogens with one attached hydrogen (secondary N) is 1. The fourth-order valence-electron chi connectivity index (χ4n) is 4.27. The summed E-state index contributed by atoms with van der Waals surface area (Å²) in [6.07, 6.45) is 7.16. The summed E-state index contributed by atoms with van der Waals surface area (Å²) in [6, 6.07) is 7.24. The Morgan fingerprint density at radius 1 is 1.10 bits per heavy atom. The zero-order valence-corrected chi connectivity index (χ0v) is 13.7. The van der Waals surface area contributed by atoms with Crippen molar-refractivity contribution in [2.24, 2.45) is 11.3 Å². The molecule has 1 aromatic rings. The number of rotatable bonds is 3. The third kappa shape index (κ3) is 2.76. The maximum Gasteiger partial charge on any atom is 0.240 e. The lowest BCUT2D eigenvalue weighted by Gasteiger charge is -2.33. The van der Waals surface area contributed by atoms with Gasteiger partial charge in [-0.15, -0.1) is 0 Å². The van der Waals surface area contributed by atoms with Crippen LogP contribution in [0.25, 0.3) is 0 Å². The van der Waals surface area contributed by atoms with Gasteiger partial charge in [0.25, 0.3) is 0 Å². The zero-order chi connectivity index (χ0) is 15.1. The van der Waals surface area contributed by atoms with Crippen molar-refractivity contribution in [2.45, 2.75) is 63.3 Å². The first-order chi connectivity index (χ1) is 9.93. The molecule has 116 valence electrons. The van der Waals surface area contributed by atoms with Crippen LogP contribution in [0.15, 0.2) is 29.2 Å². The Morgan fingerprint density at radius 2 is 1.71 bits per heavy atom. The molecule has 3 nitrogen and oxygen atoms in total. The van der Waals surface area contributed by atoms with E-state index in [9.17, 15) is 8.42 Å². The maximum absolute atomic E-state index is 12.7. The van der Waals surface area contributed by atoms with Gasteiger partial charge in [0.1, 0.15) is 0 Å². The van der Waals surface area contributed by atoms with E-state index < -0.39 is 10.0 Å². The van der Waals surface area contributed by atoms with Crippen molar-refractivity contribution in [3.63, 3.8) is 0 Å². The van der Waals surface area contributed by atoms with E-state index in [4.69, 9.17) is 0 Å². The molecular formula is C17H25NO2S. The van der Waals surface area contributed by atoms with E-state index in [-0.39, 0.29) is 11.5 Å². The standard InChI is InChI=1S/C17H25NO2S/c1-13-5-7-15(8-6-13)21(19,20)18-16-14(2)9-12-17(16)10-3-4-11-17/h5-8,14,16,18H,3-4,9-12H2,1-2H3/t14-,16-/m1/s1. The van der Waals surface area contributed by atoms with Crippen molar-refractivity contribution in [1.29, 1.82) is 0 Å². The highest BCUT2D eigenvalue weighted by Crippen LogP contribution is 2.52. The fraction of sp³-hybridized carbons (Fsp3) is 0.647. The number of benzene rings is 1. The molecule has 1 spiro atoms. The second kappa shape index (κ2) is 5.40. The van der Waals surface area contributed by atoms with E-state index in [0.717, 1.165) is 12.0 Å². The molecule has 1 aromatic carbocycles. The summed E-state index contributed by atoms with van der Waals surface area (Å²) < 4.78 is 28.4. The molecule has 4 heteroatoms. The van der Waals surface area contributed by atoms with Gasteiger partial charge in [-0.1, -0.05) is 37.5 Å². The summed E-state index contributed by atoms with van der Waals surface area (Å²) in [5.41, 5.74) is 1.30. The number of hydrogen-bond donors (Lipinski definition) is 1. The maximum atomic E-state index is 12.7. The zero-order valence-electron chi connectivity index (χ0n) is 12.9. The highest BCUT2D eigenvalue weighted by atomic mass is 32.2. The van der Waals surface area contributed by atoms with Crippen molar-refractivity contribution in [3.8, 4) is 0 Å². The van der Waals surface area contributed by atoms with E-state index in [1.165, 1.54) is 32.1 Å². The van der Waals surface area contributed by atoms with Crippen LogP contribution in [0.3, 0.4) is 0 Å². The minimum atomic E-state index is -3.41. The van der Waals surface area contributed by atoms with Gasteiger partial charge in [-0.05, 0) is 56.1 Å². The Morgan fingerprint density at radius 3 is 2.33 bits per heavy atom. The lowest BCUT2D eigenvalue weighted by Crippen LogP contribution is -2.46. The minimum Gasteiger partial charge on any atom is -0.207 e. The van der Waals surface area contributed by atoms with Crippen molar-refractivity contribution < 1.29 is 8.42 Å². The lowest BCUT2D eigenvalue weighted by molar-refractivity contribution is 0.235. The van der Waals surface area contributed by atoms with Crippen LogP contribution < -0.4 is 4.72 Å². The summed E-state index contributed by atoms with van der Waals surface area (Å²) in [6.45, 7) is 4.16. The van der Waals surface area contributed by atoms with Gasteiger partial charge in [-0.2, -0.15) is 0 Å². The van der Waals surface area contributed by atoms with Gasteiger partial charge in [0.15, 0.2) is 0 Å². The smallest absolute Gasteiger partial charge is 0.207 e. The molecule has 3 rings (SSSR count). The summed E-state index contributed by atoms with van der Waals surface area (Å²) in [5.74, 6) is 0.434. The predicted molar refractivity (Wildman–Crippen MR) is 84.6 cm³/mol. The molecule has 21 heavy (non-hydrogen) atoms. The molecule has 0 bridgehead atoms. The summed E-state index contributed by atoms with van der Waals surface area (Å²) in [4.78, 5) is 0.389. The van der Waals surface area contributed by atoms with E-state index >= 15 is 0 Å². The average molecular weight is 307 g/mol. The molecule has 0 unspecified atom stereocenters. The van der Waals surface area contributed by atoms with Crippen LogP contribution >= 0.6 is 0 Å². The molecule has 2 aliphatic rings. The Bertz CT molecular complexity index is 600. The van der Waals surface area contributed by atoms with Gasteiger partial charge in [-0.25, -0.2) is 13.1 Å². The Labute approximate surface area is 128 Å². The van der Waals surface area contributed by atoms with Crippen LogP contribution in [0.5, 0.6) is 0 Å². The highest BCUT2D eigenvalue weighted by molar-refractivity contribution is 7.89. The molecule has 0 heterocycles. The van der Waals surface area contributed by atoms with Gasteiger partial charge in [0, 0.05) is 6.04 Å². The van der Waals surface area contributed by atoms with Crippen LogP contribution in [0.4, 0.5) is 0 Å². The van der Waals surface area contributed by atoms with Gasteiger partial charge in [0.05, 0.1) is 4.90 Å². The predicted octanol–water partition coefficient (Wildman–Crippen LogP) is 3.63. The molecular weight excluding hydrogens is 282 g/mol. The number of sulfonamides is 1. The molecule has 2 atom stereocenters. The van der Waals surface area contributed by atoms with Gasteiger partial charge in [-0.3, -0.25) is 0 Å². The van der Waals surface area contributed by atoms with E-state index in [1.807, 2.05) is 19.1 Å². The van der Waals surface area contributed by atoms with Crippen molar-refractivity contribution in [2.75, 3.05) is 0 Å². The molecule has 1 N–H and O–H groups in total. The first kappa shape index (κ1) is 15.0. The van der Waals surface area contributed by atoms with E-state index in [0.29, 0.717) is 10.8 Å². The van der Waals surface area contributed by atoms with Gasteiger partial charge >= 0.3 is 0 Å². The lowest BCUT2D eigenvalue weighted by atomic mass is 9.80. The van der Waals surface area contributed by atoms with Crippen LogP contribution in [-0.4, -0.2) is 14.5 Å². The van der Waals surface area contributed by atoms with Crippen molar-refractivity contribution >= 4 is 10.0 Å². The average Bonchev–Trinajstić information content (AvgIpc) is 3.03. The number of hydrogen-bond acceptors (Lipinski definition) is 2. The third-order valence-electron chi connectivity index (χ3n) is 5.54. The minimum absolute atomic E-state index is 0.103. The van der Waals surface area contributed by atoms with Crippen LogP contribution in [0, 0.1) is 18.3 Å². The molecule has 0 aromatic heterocycles. The third-order valence-corrected chi connectivity index (χ3v) is 7.00. The Balaban J connectivity index is 1.85. The Hall–Kier alpha value is -0.870. The Kier molecular flexibility index (Phi) is 3.87. The second-order valence-corrected chi connectivity index (χ2v) is 8.71. The number of aryl methyl sites for hydroxylation is 1. The molecule has 0 aliphatic heterocycles. The van der Waals surface area contributed by atoms with Crippen molar-refractivity contribution in [3.05, 3.63) is 29.8 Å². The molecule has 2 saturated carbocycles. The molecule has 0 radical (unpaired) electrons. The topological polar surface area (TPSA) is 46.2 Å². The van der Waals surface area contributed by atoms with Gasteiger partial charge < -0.3 is 0 Å². The van der Waals surface area contributed by atoms with Gasteiger partial charge in [0.2, 0.25) is 10.0 Å². The quantitative estimate of drug-likeness (QED) is 0.927. The first-order valence-corrected chi connectivity index (χ1v) is 9.50. The van der Waals surface area contributed by atoms with E-state index in [1.54, 1.807) is 12.1 Å². The molecule has 0 amide bonds. The highest BCUT2D eigenvalue weighted by Gasteiger charge is 2.49. The van der Waals surface area contributed by atoms with Crippen LogP contribution in [0.2, 0.25) is 0 Å². The van der Waals surface area contributed by atoms with Crippen LogP contribution in [0.1, 0.15) is 51.0 Å². The fourth-order valence-corrected chi connectivity index (χ4v) is 5.72. The molecule has 2 aliphatic carbocycles. The summed E-state index contributed by atoms with van der Waals surface area (Å²) in [7, 11) is -3.41.